The van der Waals surface area contributed by atoms with E-state index in [4.69, 9.17) is 11.7 Å². The Morgan fingerprint density at radius 2 is 1.12 bits per heavy atom. The Morgan fingerprint density at radius 3 is 1.41 bits per heavy atom. The molecule has 2 amide bonds. The molecule has 0 saturated carbocycles. The lowest BCUT2D eigenvalue weighted by molar-refractivity contribution is -0.146. The zero-order valence-corrected chi connectivity index (χ0v) is 22.9. The van der Waals surface area contributed by atoms with Crippen molar-refractivity contribution in [2.45, 2.75) is 63.2 Å². The number of hydrogen-bond acceptors (Lipinski definition) is 10. The van der Waals surface area contributed by atoms with Crippen LogP contribution in [0.3, 0.4) is 0 Å². The van der Waals surface area contributed by atoms with E-state index in [-0.39, 0.29) is 37.9 Å². The smallest absolute Gasteiger partial charge is 0.330 e. The first-order valence-electron chi connectivity index (χ1n) is 11.8. The predicted octanol–water partition coefficient (Wildman–Crippen LogP) is -0.490. The van der Waals surface area contributed by atoms with E-state index in [2.05, 4.69) is 30.3 Å². The Hall–Kier alpha value is -1.85. The molecule has 2 atom stereocenters. The van der Waals surface area contributed by atoms with E-state index in [1.807, 2.05) is 26.2 Å². The lowest BCUT2D eigenvalue weighted by Crippen LogP contribution is -2.45. The fraction of sp³-hybridized carbons (Fsp3) is 0.800. The first-order valence-corrected chi connectivity index (χ1v) is 17.2. The summed E-state index contributed by atoms with van der Waals surface area (Å²) >= 11 is 0. The molecule has 0 bridgehead atoms. The van der Waals surface area contributed by atoms with E-state index in [1.54, 1.807) is 0 Å². The Labute approximate surface area is 205 Å². The van der Waals surface area contributed by atoms with Gasteiger partial charge in [-0.2, -0.15) is 0 Å². The molecular weight excluding hydrogens is 484 g/mol. The molecule has 12 nitrogen and oxygen atoms in total. The molecule has 34 heavy (non-hydrogen) atoms. The van der Waals surface area contributed by atoms with Gasteiger partial charge in [-0.3, -0.25) is 9.59 Å². The zero-order valence-electron chi connectivity index (χ0n) is 22.9. The van der Waals surface area contributed by atoms with Gasteiger partial charge in [-0.05, 0) is 38.3 Å². The van der Waals surface area contributed by atoms with Gasteiger partial charge in [-0.15, -0.1) is 0 Å². The maximum absolute atomic E-state index is 12.2. The van der Waals surface area contributed by atoms with Crippen LogP contribution < -0.4 is 10.6 Å². The van der Waals surface area contributed by atoms with Crippen LogP contribution in [-0.4, -0.2) is 106 Å². The van der Waals surface area contributed by atoms with Gasteiger partial charge in [0, 0.05) is 12.8 Å². The third kappa shape index (κ3) is 13.8. The maximum atomic E-state index is 12.2. The highest BCUT2D eigenvalue weighted by Crippen LogP contribution is 2.16. The summed E-state index contributed by atoms with van der Waals surface area (Å²) < 4.78 is 34.7. The van der Waals surface area contributed by atoms with Crippen molar-refractivity contribution in [1.82, 2.24) is 10.6 Å². The van der Waals surface area contributed by atoms with Crippen LogP contribution >= 0.6 is 0 Å². The van der Waals surface area contributed by atoms with Gasteiger partial charge in [0.2, 0.25) is 14.7 Å². The minimum absolute atomic E-state index is 0.152. The van der Waals surface area contributed by atoms with Crippen molar-refractivity contribution in [3.8, 4) is 0 Å². The Bertz CT molecular complexity index is 658. The van der Waals surface area contributed by atoms with Crippen LogP contribution in [0.2, 0.25) is 38.3 Å². The average Bonchev–Trinajstić information content (AvgIpc) is 2.83. The molecular formula is C20H40N2O10Si2. The number of rotatable bonds is 19. The second kappa shape index (κ2) is 15.9. The van der Waals surface area contributed by atoms with Crippen LogP contribution in [0.4, 0.5) is 0 Å². The molecule has 0 fully saturated rings. The molecule has 0 aromatic rings. The van der Waals surface area contributed by atoms with E-state index >= 15 is 0 Å². The molecule has 0 aromatic heterocycles. The summed E-state index contributed by atoms with van der Waals surface area (Å²) in [7, 11) is -2.00. The maximum Gasteiger partial charge on any atom is 0.330 e. The number of nitrogens with one attached hydrogen (secondary N) is 2. The fourth-order valence-electron chi connectivity index (χ4n) is 2.76. The summed E-state index contributed by atoms with van der Waals surface area (Å²) in [6.45, 7) is 7.94. The molecule has 198 valence electrons. The molecule has 14 heteroatoms. The highest BCUT2D eigenvalue weighted by molar-refractivity contribution is 6.71. The highest BCUT2D eigenvalue weighted by Gasteiger charge is 2.28. The first kappa shape index (κ1) is 28.4. The van der Waals surface area contributed by atoms with Crippen LogP contribution in [0.1, 0.15) is 12.8 Å². The molecule has 0 aliphatic carbocycles. The summed E-state index contributed by atoms with van der Waals surface area (Å²) in [6.07, 6.45) is 0.303. The van der Waals surface area contributed by atoms with Gasteiger partial charge in [-0.1, -0.05) is 0 Å². The number of esters is 2. The molecule has 4 N–H and O–H groups in total. The summed E-state index contributed by atoms with van der Waals surface area (Å²) in [6, 6.07) is -1.05. The Kier molecular flexibility index (Phi) is 13.3. The Morgan fingerprint density at radius 1 is 0.765 bits per heavy atom. The van der Waals surface area contributed by atoms with Gasteiger partial charge < -0.3 is 39.2 Å². The van der Waals surface area contributed by atoms with Crippen LogP contribution in [0, 0.1) is 0 Å². The molecule has 2 unspecified atom stereocenters. The number of aliphatic hydroxyl groups excluding tert-OH is 2. The molecule has 0 saturated heterocycles. The summed E-state index contributed by atoms with van der Waals surface area (Å²) in [4.78, 5) is 47.6. The third-order valence-corrected chi connectivity index (χ3v) is 9.83. The molecule has 0 heterocycles. The van der Waals surface area contributed by atoms with Gasteiger partial charge in [0.15, 0.2) is 28.7 Å². The van der Waals surface area contributed by atoms with Crippen LogP contribution in [0.25, 0.3) is 0 Å². The number of ether oxygens (including phenoxy) is 2. The van der Waals surface area contributed by atoms with Crippen LogP contribution in [0.15, 0.2) is 0 Å². The standard InChI is InChI=1S/C20H40N2O10Si2/c1-29-19(27)15(13-23)21-17(25)7-11-33(3,4)31-9-10-32-34(5,6)12-8-18(26)22-16(14-24)20(28)30-2/h15-16,23-24H,7-14H2,1-6H3,(H,21,25)(H,22,26)/i23T,24T. The molecule has 0 radical (unpaired) electrons. The normalized spacial score (nSPS) is 14.3. The van der Waals surface area contributed by atoms with Gasteiger partial charge in [0.25, 0.3) is 0 Å². The molecule has 0 spiro atoms. The van der Waals surface area contributed by atoms with Crippen molar-refractivity contribution in [2.24, 2.45) is 0 Å². The third-order valence-electron chi connectivity index (χ3n) is 4.95. The van der Waals surface area contributed by atoms with E-state index in [0.717, 1.165) is 0 Å². The fourth-order valence-corrected chi connectivity index (χ4v) is 5.98. The number of hydrogen-bond donors (Lipinski definition) is 4. The SMILES string of the molecule is [3H]OCC(NC(=O)CC[Si](C)(C)OCCO[Si](C)(C)CCC(=O)NC(CO[3H])C(=O)OC)C(=O)OC. The Balaban J connectivity index is 4.39. The molecule has 0 aromatic carbocycles. The van der Waals surface area contributed by atoms with Gasteiger partial charge in [0.1, 0.15) is 0 Å². The summed E-state index contributed by atoms with van der Waals surface area (Å²) in [5.74, 6) is -2.10. The van der Waals surface area contributed by atoms with E-state index in [0.29, 0.717) is 25.3 Å². The van der Waals surface area contributed by atoms with E-state index < -0.39 is 40.7 Å². The van der Waals surface area contributed by atoms with Crippen molar-refractivity contribution in [3.05, 3.63) is 0 Å². The van der Waals surface area contributed by atoms with Crippen molar-refractivity contribution in [3.63, 3.8) is 0 Å². The van der Waals surface area contributed by atoms with Crippen LogP contribution in [0.5, 0.6) is 0 Å². The lowest BCUT2D eigenvalue weighted by Gasteiger charge is -2.26. The van der Waals surface area contributed by atoms with E-state index in [1.165, 1.54) is 14.2 Å². The van der Waals surface area contributed by atoms with Gasteiger partial charge >= 0.3 is 11.9 Å². The number of carbonyl (C=O) groups is 4. The van der Waals surface area contributed by atoms with Crippen molar-refractivity contribution >= 4 is 40.4 Å². The van der Waals surface area contributed by atoms with E-state index in [9.17, 15) is 19.2 Å². The molecule has 0 aliphatic heterocycles. The topological polar surface area (TPSA) is 170 Å². The predicted molar refractivity (Wildman–Crippen MR) is 128 cm³/mol. The minimum atomic E-state index is -2.19. The quantitative estimate of drug-likeness (QED) is 0.0974. The second-order valence-electron chi connectivity index (χ2n) is 8.84. The summed E-state index contributed by atoms with van der Waals surface area (Å²) in [5.41, 5.74) is 0. The first-order chi connectivity index (χ1) is 16.8. The molecule has 0 aliphatic rings. The van der Waals surface area contributed by atoms with Gasteiger partial charge in [-0.25, -0.2) is 9.59 Å². The monoisotopic (exact) mass is 528 g/mol. The van der Waals surface area contributed by atoms with Crippen molar-refractivity contribution in [1.29, 1.82) is 2.86 Å². The van der Waals surface area contributed by atoms with Crippen molar-refractivity contribution < 1.29 is 47.7 Å². The van der Waals surface area contributed by atoms with Gasteiger partial charge in [0.05, 0.1) is 40.6 Å². The highest BCUT2D eigenvalue weighted by atomic mass is 28.4. The lowest BCUT2D eigenvalue weighted by atomic mass is 10.3. The average molecular weight is 529 g/mol. The minimum Gasteiger partial charge on any atom is -0.467 e. The number of aliphatic hydroxyl groups is 2. The zero-order chi connectivity index (χ0) is 27.8. The number of carbonyl (C=O) groups excluding carboxylic acids is 4. The number of methoxy groups -OCH3 is 2. The molecule has 0 rings (SSSR count). The second-order valence-corrected chi connectivity index (χ2v) is 17.5. The van der Waals surface area contributed by atoms with Crippen molar-refractivity contribution in [2.75, 3.05) is 40.6 Å². The summed E-state index contributed by atoms with van der Waals surface area (Å²) in [5, 5.41) is 13.4. The van der Waals surface area contributed by atoms with Crippen LogP contribution in [-0.2, 0) is 37.5 Å². The largest absolute Gasteiger partial charge is 0.467 e. The number of amides is 2.